The average Bonchev–Trinajstić information content (AvgIpc) is 3.05. The second-order valence-electron chi connectivity index (χ2n) is 6.06. The lowest BCUT2D eigenvalue weighted by Gasteiger charge is -2.13. The van der Waals surface area contributed by atoms with Gasteiger partial charge in [0.15, 0.2) is 0 Å². The van der Waals surface area contributed by atoms with E-state index in [0.717, 1.165) is 33.6 Å². The van der Waals surface area contributed by atoms with Crippen molar-refractivity contribution in [2.75, 3.05) is 32.2 Å². The van der Waals surface area contributed by atoms with Crippen molar-refractivity contribution in [3.05, 3.63) is 41.0 Å². The first-order valence-electron chi connectivity index (χ1n) is 9.04. The predicted octanol–water partition coefficient (Wildman–Crippen LogP) is 4.34. The van der Waals surface area contributed by atoms with Gasteiger partial charge in [0.05, 0.1) is 24.3 Å². The van der Waals surface area contributed by atoms with E-state index in [1.165, 1.54) is 17.7 Å². The second kappa shape index (κ2) is 9.48. The number of methoxy groups -OCH3 is 1. The summed E-state index contributed by atoms with van der Waals surface area (Å²) in [7, 11) is 1.56. The van der Waals surface area contributed by atoms with Gasteiger partial charge in [-0.05, 0) is 31.0 Å². The van der Waals surface area contributed by atoms with Crippen LogP contribution >= 0.6 is 11.3 Å². The van der Waals surface area contributed by atoms with Gasteiger partial charge in [-0.2, -0.15) is 0 Å². The highest BCUT2D eigenvalue weighted by atomic mass is 32.1. The fourth-order valence-electron chi connectivity index (χ4n) is 2.68. The molecule has 7 nitrogen and oxygen atoms in total. The molecular weight excluding hydrogens is 378 g/mol. The molecule has 2 heterocycles. The summed E-state index contributed by atoms with van der Waals surface area (Å²) in [6.07, 6.45) is 2.40. The highest BCUT2D eigenvalue weighted by molar-refractivity contribution is 7.20. The summed E-state index contributed by atoms with van der Waals surface area (Å²) >= 11 is 1.30. The average molecular weight is 401 g/mol. The zero-order valence-electron chi connectivity index (χ0n) is 16.2. The van der Waals surface area contributed by atoms with Gasteiger partial charge in [-0.3, -0.25) is 0 Å². The first-order chi connectivity index (χ1) is 13.7. The molecule has 1 aromatic carbocycles. The van der Waals surface area contributed by atoms with Crippen LogP contribution in [0.5, 0.6) is 5.75 Å². The van der Waals surface area contributed by atoms with E-state index in [1.807, 2.05) is 31.2 Å². The molecule has 8 heteroatoms. The lowest BCUT2D eigenvalue weighted by Crippen LogP contribution is -2.09. The number of hydrogen-bond acceptors (Lipinski definition) is 8. The Labute approximate surface area is 167 Å². The molecule has 3 aromatic rings. The summed E-state index contributed by atoms with van der Waals surface area (Å²) in [5.74, 6) is 1.00. The number of aromatic nitrogens is 2. The smallest absolute Gasteiger partial charge is 0.348 e. The van der Waals surface area contributed by atoms with Crippen LogP contribution in [0.15, 0.2) is 30.6 Å². The zero-order chi connectivity index (χ0) is 19.9. The number of fused-ring (bicyclic) bond motifs is 1. The van der Waals surface area contributed by atoms with Crippen molar-refractivity contribution in [2.45, 2.75) is 20.3 Å². The fraction of sp³-hybridized carbons (Fsp3) is 0.350. The molecule has 0 fully saturated rings. The van der Waals surface area contributed by atoms with Crippen molar-refractivity contribution in [3.63, 3.8) is 0 Å². The largest absolute Gasteiger partial charge is 0.491 e. The molecule has 0 saturated heterocycles. The van der Waals surface area contributed by atoms with E-state index in [2.05, 4.69) is 22.2 Å². The number of para-hydroxylation sites is 2. The normalized spacial score (nSPS) is 10.8. The topological polar surface area (TPSA) is 82.6 Å². The Morgan fingerprint density at radius 3 is 2.79 bits per heavy atom. The predicted molar refractivity (Wildman–Crippen MR) is 110 cm³/mol. The van der Waals surface area contributed by atoms with Gasteiger partial charge >= 0.3 is 5.97 Å². The van der Waals surface area contributed by atoms with E-state index in [-0.39, 0.29) is 12.6 Å². The van der Waals surface area contributed by atoms with Crippen LogP contribution in [0.2, 0.25) is 0 Å². The Morgan fingerprint density at radius 1 is 1.18 bits per heavy atom. The van der Waals surface area contributed by atoms with Gasteiger partial charge in [-0.1, -0.05) is 19.1 Å². The van der Waals surface area contributed by atoms with E-state index < -0.39 is 0 Å². The van der Waals surface area contributed by atoms with Gasteiger partial charge in [-0.25, -0.2) is 14.8 Å². The number of carbonyl (C=O) groups excluding carboxylic acids is 1. The summed E-state index contributed by atoms with van der Waals surface area (Å²) in [5.41, 5.74) is 1.60. The molecule has 0 spiro atoms. The van der Waals surface area contributed by atoms with Crippen molar-refractivity contribution >= 4 is 39.0 Å². The molecule has 0 bridgehead atoms. The molecule has 3 rings (SSSR count). The molecule has 0 amide bonds. The van der Waals surface area contributed by atoms with Crippen LogP contribution in [0.1, 0.15) is 28.6 Å². The molecule has 0 aliphatic rings. The number of thiophene rings is 1. The molecule has 0 unspecified atom stereocenters. The van der Waals surface area contributed by atoms with Gasteiger partial charge in [0.1, 0.15) is 34.2 Å². The molecular formula is C20H23N3O4S. The van der Waals surface area contributed by atoms with Crippen molar-refractivity contribution in [1.29, 1.82) is 0 Å². The minimum atomic E-state index is -0.379. The summed E-state index contributed by atoms with van der Waals surface area (Å²) in [5, 5.41) is 4.13. The minimum Gasteiger partial charge on any atom is -0.491 e. The molecule has 0 atom stereocenters. The molecule has 0 radical (unpaired) electrons. The number of rotatable bonds is 9. The number of carbonyl (C=O) groups is 1. The highest BCUT2D eigenvalue weighted by Crippen LogP contribution is 2.36. The van der Waals surface area contributed by atoms with Crippen LogP contribution < -0.4 is 10.1 Å². The van der Waals surface area contributed by atoms with E-state index in [0.29, 0.717) is 23.9 Å². The third-order valence-electron chi connectivity index (χ3n) is 4.03. The quantitative estimate of drug-likeness (QED) is 0.422. The molecule has 2 aromatic heterocycles. The van der Waals surface area contributed by atoms with Crippen molar-refractivity contribution < 1.29 is 19.0 Å². The maximum absolute atomic E-state index is 12.4. The van der Waals surface area contributed by atoms with Crippen LogP contribution in [0.25, 0.3) is 10.2 Å². The standard InChI is InChI=1S/C20H23N3O4S/c1-4-9-26-15-8-6-5-7-14(15)23-18-16-13(2)17(20(24)27-11-10-25-3)28-19(16)22-12-21-18/h5-8,12H,4,9-11H2,1-3H3,(H,21,22,23). The zero-order valence-corrected chi connectivity index (χ0v) is 17.0. The van der Waals surface area contributed by atoms with Crippen LogP contribution in [-0.4, -0.2) is 42.9 Å². The number of esters is 1. The van der Waals surface area contributed by atoms with E-state index in [4.69, 9.17) is 14.2 Å². The number of hydrogen-bond donors (Lipinski definition) is 1. The maximum atomic E-state index is 12.4. The highest BCUT2D eigenvalue weighted by Gasteiger charge is 2.21. The molecule has 0 saturated carbocycles. The number of aryl methyl sites for hydroxylation is 1. The molecule has 28 heavy (non-hydrogen) atoms. The van der Waals surface area contributed by atoms with Gasteiger partial charge in [0.25, 0.3) is 0 Å². The third kappa shape index (κ3) is 4.40. The number of ether oxygens (including phenoxy) is 3. The number of nitrogens with one attached hydrogen (secondary N) is 1. The Hall–Kier alpha value is -2.71. The minimum absolute atomic E-state index is 0.210. The molecule has 0 aliphatic carbocycles. The first-order valence-corrected chi connectivity index (χ1v) is 9.86. The molecule has 0 aliphatic heterocycles. The number of nitrogens with zero attached hydrogens (tertiary/aromatic N) is 2. The summed E-state index contributed by atoms with van der Waals surface area (Å²) in [4.78, 5) is 22.3. The molecule has 148 valence electrons. The third-order valence-corrected chi connectivity index (χ3v) is 5.21. The van der Waals surface area contributed by atoms with Crippen LogP contribution in [0.3, 0.4) is 0 Å². The summed E-state index contributed by atoms with van der Waals surface area (Å²) < 4.78 is 16.0. The monoisotopic (exact) mass is 401 g/mol. The van der Waals surface area contributed by atoms with Crippen LogP contribution in [0.4, 0.5) is 11.5 Å². The van der Waals surface area contributed by atoms with E-state index in [9.17, 15) is 4.79 Å². The fourth-order valence-corrected chi connectivity index (χ4v) is 3.72. The summed E-state index contributed by atoms with van der Waals surface area (Å²) in [6, 6.07) is 7.70. The van der Waals surface area contributed by atoms with Crippen LogP contribution in [-0.2, 0) is 9.47 Å². The summed E-state index contributed by atoms with van der Waals surface area (Å²) in [6.45, 7) is 5.14. The van der Waals surface area contributed by atoms with Gasteiger partial charge in [0, 0.05) is 7.11 Å². The van der Waals surface area contributed by atoms with Gasteiger partial charge in [-0.15, -0.1) is 11.3 Å². The number of anilines is 2. The lowest BCUT2D eigenvalue weighted by molar-refractivity contribution is 0.0393. The van der Waals surface area contributed by atoms with Gasteiger partial charge in [0.2, 0.25) is 0 Å². The number of benzene rings is 1. The van der Waals surface area contributed by atoms with Crippen molar-refractivity contribution in [3.8, 4) is 5.75 Å². The Kier molecular flexibility index (Phi) is 6.78. The van der Waals surface area contributed by atoms with Gasteiger partial charge < -0.3 is 19.5 Å². The Balaban J connectivity index is 1.92. The van der Waals surface area contributed by atoms with Crippen molar-refractivity contribution in [1.82, 2.24) is 9.97 Å². The molecule has 1 N–H and O–H groups in total. The van der Waals surface area contributed by atoms with Crippen LogP contribution in [0, 0.1) is 6.92 Å². The lowest BCUT2D eigenvalue weighted by atomic mass is 10.2. The maximum Gasteiger partial charge on any atom is 0.348 e. The van der Waals surface area contributed by atoms with E-state index in [1.54, 1.807) is 7.11 Å². The SMILES string of the molecule is CCCOc1ccccc1Nc1ncnc2sc(C(=O)OCCOC)c(C)c12. The second-order valence-corrected chi connectivity index (χ2v) is 7.06. The van der Waals surface area contributed by atoms with E-state index >= 15 is 0 Å². The first kappa shape index (κ1) is 20.0. The Bertz CT molecular complexity index is 958. The van der Waals surface area contributed by atoms with Crippen molar-refractivity contribution in [2.24, 2.45) is 0 Å². The Morgan fingerprint density at radius 2 is 2.00 bits per heavy atom.